The molecule has 2 aromatic rings. The smallest absolute Gasteiger partial charge is 0.242 e. The molecule has 0 bridgehead atoms. The van der Waals surface area contributed by atoms with Crippen LogP contribution in [0, 0.1) is 0 Å². The van der Waals surface area contributed by atoms with Gasteiger partial charge >= 0.3 is 0 Å². The van der Waals surface area contributed by atoms with Crippen LogP contribution in [0.2, 0.25) is 10.0 Å². The number of hydrogen-bond donors (Lipinski definition) is 1. The second kappa shape index (κ2) is 13.7. The number of hydrogen-bond acceptors (Lipinski definition) is 3. The van der Waals surface area contributed by atoms with Crippen molar-refractivity contribution >= 4 is 46.8 Å². The fourth-order valence-electron chi connectivity index (χ4n) is 3.10. The highest BCUT2D eigenvalue weighted by Gasteiger charge is 2.25. The third-order valence-electron chi connectivity index (χ3n) is 5.01. The van der Waals surface area contributed by atoms with Gasteiger partial charge in [0.2, 0.25) is 11.8 Å². The molecule has 0 saturated carbocycles. The van der Waals surface area contributed by atoms with E-state index in [-0.39, 0.29) is 17.6 Å². The average molecular weight is 481 g/mol. The minimum atomic E-state index is -0.530. The molecule has 1 atom stereocenters. The van der Waals surface area contributed by atoms with E-state index in [4.69, 9.17) is 23.2 Å². The number of nitrogens with zero attached hydrogens (tertiary/aromatic N) is 1. The summed E-state index contributed by atoms with van der Waals surface area (Å²) < 4.78 is 0. The average Bonchev–Trinajstić information content (AvgIpc) is 2.76. The molecule has 0 fully saturated rings. The molecule has 2 rings (SSSR count). The maximum Gasteiger partial charge on any atom is 0.242 e. The molecule has 0 aliphatic carbocycles. The van der Waals surface area contributed by atoms with E-state index in [1.807, 2.05) is 30.3 Å². The maximum absolute atomic E-state index is 13.1. The van der Waals surface area contributed by atoms with Crippen LogP contribution in [0.3, 0.4) is 0 Å². The molecular weight excluding hydrogens is 451 g/mol. The quantitative estimate of drug-likeness (QED) is 0.402. The van der Waals surface area contributed by atoms with Crippen LogP contribution < -0.4 is 5.32 Å². The van der Waals surface area contributed by atoms with Crippen molar-refractivity contribution in [1.82, 2.24) is 10.2 Å². The third kappa shape index (κ3) is 8.40. The minimum Gasteiger partial charge on any atom is -0.354 e. The zero-order chi connectivity index (χ0) is 22.6. The van der Waals surface area contributed by atoms with Crippen molar-refractivity contribution in [2.45, 2.75) is 44.9 Å². The first-order chi connectivity index (χ1) is 14.9. The van der Waals surface area contributed by atoms with Crippen LogP contribution in [-0.2, 0) is 21.8 Å². The summed E-state index contributed by atoms with van der Waals surface area (Å²) in [5.74, 6) is 0.604. The van der Waals surface area contributed by atoms with E-state index < -0.39 is 6.04 Å². The molecule has 0 aromatic heterocycles. The molecule has 2 amide bonds. The molecule has 4 nitrogen and oxygen atoms in total. The Morgan fingerprint density at radius 1 is 1.06 bits per heavy atom. The zero-order valence-corrected chi connectivity index (χ0v) is 20.4. The summed E-state index contributed by atoms with van der Waals surface area (Å²) >= 11 is 13.9. The third-order valence-corrected chi connectivity index (χ3v) is 6.67. The number of amides is 2. The van der Waals surface area contributed by atoms with Crippen molar-refractivity contribution in [3.8, 4) is 0 Å². The summed E-state index contributed by atoms with van der Waals surface area (Å²) in [5, 5.41) is 4.13. The highest BCUT2D eigenvalue weighted by Crippen LogP contribution is 2.28. The lowest BCUT2D eigenvalue weighted by Crippen LogP contribution is -2.49. The normalized spacial score (nSPS) is 11.7. The second-order valence-electron chi connectivity index (χ2n) is 7.34. The lowest BCUT2D eigenvalue weighted by molar-refractivity contribution is -0.137. The van der Waals surface area contributed by atoms with E-state index in [0.29, 0.717) is 35.3 Å². The van der Waals surface area contributed by atoms with Crippen LogP contribution in [-0.4, -0.2) is 41.6 Å². The van der Waals surface area contributed by atoms with Gasteiger partial charge in [-0.1, -0.05) is 72.9 Å². The highest BCUT2D eigenvalue weighted by molar-refractivity contribution is 7.99. The summed E-state index contributed by atoms with van der Waals surface area (Å²) in [7, 11) is 0. The SMILES string of the molecule is CCCCNC(=O)[C@@H](C)N(CCc1ccccc1)C(=O)CSCc1c(Cl)cccc1Cl. The van der Waals surface area contributed by atoms with Crippen LogP contribution in [0.15, 0.2) is 48.5 Å². The van der Waals surface area contributed by atoms with E-state index in [9.17, 15) is 9.59 Å². The highest BCUT2D eigenvalue weighted by atomic mass is 35.5. The van der Waals surface area contributed by atoms with Crippen LogP contribution in [0.1, 0.15) is 37.8 Å². The first kappa shape index (κ1) is 25.6. The number of halogens is 2. The van der Waals surface area contributed by atoms with Crippen LogP contribution >= 0.6 is 35.0 Å². The van der Waals surface area contributed by atoms with Crippen LogP contribution in [0.25, 0.3) is 0 Å². The van der Waals surface area contributed by atoms with Gasteiger partial charge in [-0.3, -0.25) is 9.59 Å². The van der Waals surface area contributed by atoms with Gasteiger partial charge in [0.1, 0.15) is 6.04 Å². The second-order valence-corrected chi connectivity index (χ2v) is 9.14. The van der Waals surface area contributed by atoms with Crippen molar-refractivity contribution in [2.24, 2.45) is 0 Å². The summed E-state index contributed by atoms with van der Waals surface area (Å²) in [6, 6.07) is 14.8. The Hall–Kier alpha value is -1.69. The zero-order valence-electron chi connectivity index (χ0n) is 18.1. The lowest BCUT2D eigenvalue weighted by atomic mass is 10.1. The molecule has 0 aliphatic heterocycles. The molecule has 0 spiro atoms. The van der Waals surface area contributed by atoms with Gasteiger partial charge in [-0.05, 0) is 43.0 Å². The van der Waals surface area contributed by atoms with Crippen LogP contribution in [0.5, 0.6) is 0 Å². The summed E-state index contributed by atoms with van der Waals surface area (Å²) in [6.07, 6.45) is 2.62. The van der Waals surface area contributed by atoms with Crippen molar-refractivity contribution in [1.29, 1.82) is 0 Å². The number of unbranched alkanes of at least 4 members (excludes halogenated alkanes) is 1. The number of thioether (sulfide) groups is 1. The van der Waals surface area contributed by atoms with Gasteiger partial charge in [0.25, 0.3) is 0 Å². The Bertz CT molecular complexity index is 828. The molecule has 0 unspecified atom stereocenters. The number of rotatable bonds is 12. The molecular formula is C24H30Cl2N2O2S. The summed E-state index contributed by atoms with van der Waals surface area (Å²) in [4.78, 5) is 27.3. The predicted molar refractivity (Wildman–Crippen MR) is 132 cm³/mol. The van der Waals surface area contributed by atoms with Crippen molar-refractivity contribution in [3.63, 3.8) is 0 Å². The van der Waals surface area contributed by atoms with Gasteiger partial charge in [-0.2, -0.15) is 0 Å². The Morgan fingerprint density at radius 3 is 2.39 bits per heavy atom. The number of benzene rings is 2. The molecule has 2 aromatic carbocycles. The molecule has 7 heteroatoms. The number of nitrogens with one attached hydrogen (secondary N) is 1. The van der Waals surface area contributed by atoms with Crippen LogP contribution in [0.4, 0.5) is 0 Å². The van der Waals surface area contributed by atoms with E-state index in [1.54, 1.807) is 30.0 Å². The van der Waals surface area contributed by atoms with Gasteiger partial charge in [0.05, 0.1) is 5.75 Å². The van der Waals surface area contributed by atoms with Crippen molar-refractivity contribution < 1.29 is 9.59 Å². The molecule has 168 valence electrons. The minimum absolute atomic E-state index is 0.0674. The molecule has 0 saturated heterocycles. The standard InChI is InChI=1S/C24H30Cl2N2O2S/c1-3-4-14-27-24(30)18(2)28(15-13-19-9-6-5-7-10-19)23(29)17-31-16-20-21(25)11-8-12-22(20)26/h5-12,18H,3-4,13-17H2,1-2H3,(H,27,30)/t18-/m1/s1. The van der Waals surface area contributed by atoms with Crippen molar-refractivity contribution in [2.75, 3.05) is 18.8 Å². The fourth-order valence-corrected chi connectivity index (χ4v) is 4.75. The molecule has 0 aliphatic rings. The summed E-state index contributed by atoms with van der Waals surface area (Å²) in [5.41, 5.74) is 1.96. The Balaban J connectivity index is 2.01. The monoisotopic (exact) mass is 480 g/mol. The molecule has 0 heterocycles. The van der Waals surface area contributed by atoms with E-state index >= 15 is 0 Å². The Morgan fingerprint density at radius 2 is 1.74 bits per heavy atom. The van der Waals surface area contributed by atoms with E-state index in [0.717, 1.165) is 24.0 Å². The van der Waals surface area contributed by atoms with E-state index in [1.165, 1.54) is 11.8 Å². The maximum atomic E-state index is 13.1. The first-order valence-electron chi connectivity index (χ1n) is 10.6. The van der Waals surface area contributed by atoms with Gasteiger partial charge in [0.15, 0.2) is 0 Å². The molecule has 31 heavy (non-hydrogen) atoms. The number of carbonyl (C=O) groups excluding carboxylic acids is 2. The fraction of sp³-hybridized carbons (Fsp3) is 0.417. The van der Waals surface area contributed by atoms with Gasteiger partial charge in [0, 0.05) is 28.9 Å². The summed E-state index contributed by atoms with van der Waals surface area (Å²) in [6.45, 7) is 4.98. The predicted octanol–water partition coefficient (Wildman–Crippen LogP) is 5.60. The first-order valence-corrected chi connectivity index (χ1v) is 12.5. The van der Waals surface area contributed by atoms with Gasteiger partial charge in [-0.15, -0.1) is 11.8 Å². The lowest BCUT2D eigenvalue weighted by Gasteiger charge is -2.28. The topological polar surface area (TPSA) is 49.4 Å². The van der Waals surface area contributed by atoms with Gasteiger partial charge in [-0.25, -0.2) is 0 Å². The molecule has 0 radical (unpaired) electrons. The van der Waals surface area contributed by atoms with E-state index in [2.05, 4.69) is 12.2 Å². The molecule has 1 N–H and O–H groups in total. The van der Waals surface area contributed by atoms with Gasteiger partial charge < -0.3 is 10.2 Å². The largest absolute Gasteiger partial charge is 0.354 e. The Kier molecular flexibility index (Phi) is 11.3. The number of carbonyl (C=O) groups is 2. The Labute approximate surface area is 199 Å². The van der Waals surface area contributed by atoms with Crippen molar-refractivity contribution in [3.05, 3.63) is 69.7 Å².